The molecule has 1 fully saturated rings. The van der Waals surface area contributed by atoms with Crippen molar-refractivity contribution in [1.29, 1.82) is 0 Å². The van der Waals surface area contributed by atoms with E-state index in [2.05, 4.69) is 47.0 Å². The molecule has 3 unspecified atom stereocenters. The lowest BCUT2D eigenvalue weighted by atomic mass is 9.89. The molecule has 0 aromatic heterocycles. The largest absolute Gasteiger partial charge is 0.418 e. The number of halogens is 4. The van der Waals surface area contributed by atoms with Crippen LogP contribution in [0.25, 0.3) is 0 Å². The lowest BCUT2D eigenvalue weighted by Crippen LogP contribution is -2.48. The highest BCUT2D eigenvalue weighted by Crippen LogP contribution is 2.37. The van der Waals surface area contributed by atoms with Gasteiger partial charge in [-0.3, -0.25) is 0 Å². The number of hydrogen-bond donors (Lipinski definition) is 1. The number of benzene rings is 1. The number of likely N-dealkylation sites (tertiary alicyclic amines) is 1. The van der Waals surface area contributed by atoms with Crippen LogP contribution in [0.5, 0.6) is 0 Å². The lowest BCUT2D eigenvalue weighted by Gasteiger charge is -2.40. The van der Waals surface area contributed by atoms with Crippen LogP contribution in [0.15, 0.2) is 22.7 Å². The minimum atomic E-state index is -4.35. The van der Waals surface area contributed by atoms with E-state index in [-0.39, 0.29) is 11.7 Å². The Balaban J connectivity index is 2.23. The zero-order valence-electron chi connectivity index (χ0n) is 12.3. The third-order valence-corrected chi connectivity index (χ3v) is 4.73. The van der Waals surface area contributed by atoms with Crippen LogP contribution in [0.3, 0.4) is 0 Å². The number of anilines is 1. The smallest absolute Gasteiger partial charge is 0.381 e. The van der Waals surface area contributed by atoms with E-state index in [0.717, 1.165) is 19.0 Å². The van der Waals surface area contributed by atoms with Gasteiger partial charge in [0.25, 0.3) is 0 Å². The summed E-state index contributed by atoms with van der Waals surface area (Å²) in [6.45, 7) is 5.07. The van der Waals surface area contributed by atoms with Crippen LogP contribution in [0.1, 0.15) is 25.8 Å². The molecule has 1 N–H and O–H groups in total. The maximum Gasteiger partial charge on any atom is 0.418 e. The molecule has 6 heteroatoms. The second-order valence-corrected chi connectivity index (χ2v) is 6.86. The second kappa shape index (κ2) is 6.16. The number of piperidine rings is 1. The zero-order chi connectivity index (χ0) is 15.8. The average molecular weight is 365 g/mol. The van der Waals surface area contributed by atoms with Crippen molar-refractivity contribution in [2.24, 2.45) is 5.92 Å². The summed E-state index contributed by atoms with van der Waals surface area (Å²) in [7, 11) is 2.05. The number of nitrogens with one attached hydrogen (secondary N) is 1. The fourth-order valence-electron chi connectivity index (χ4n) is 2.82. The summed E-state index contributed by atoms with van der Waals surface area (Å²) in [4.78, 5) is 2.25. The van der Waals surface area contributed by atoms with Crippen LogP contribution in [0.4, 0.5) is 18.9 Å². The Hall–Kier alpha value is -0.750. The van der Waals surface area contributed by atoms with Crippen LogP contribution < -0.4 is 5.32 Å². The Kier molecular flexibility index (Phi) is 4.88. The molecule has 0 bridgehead atoms. The van der Waals surface area contributed by atoms with Crippen molar-refractivity contribution in [3.8, 4) is 0 Å². The summed E-state index contributed by atoms with van der Waals surface area (Å²) in [5, 5.41) is 3.12. The predicted octanol–water partition coefficient (Wildman–Crippen LogP) is 4.61. The van der Waals surface area contributed by atoms with Crippen LogP contribution in [-0.4, -0.2) is 30.6 Å². The van der Waals surface area contributed by atoms with Gasteiger partial charge in [-0.25, -0.2) is 0 Å². The first-order chi connectivity index (χ1) is 9.68. The van der Waals surface area contributed by atoms with E-state index in [9.17, 15) is 13.2 Å². The molecular formula is C15H20BrF3N2. The molecular weight excluding hydrogens is 345 g/mol. The maximum absolute atomic E-state index is 13.1. The molecule has 1 aromatic rings. The first-order valence-electron chi connectivity index (χ1n) is 7.02. The number of alkyl halides is 3. The van der Waals surface area contributed by atoms with Gasteiger partial charge < -0.3 is 10.2 Å². The van der Waals surface area contributed by atoms with Crippen molar-refractivity contribution in [3.63, 3.8) is 0 Å². The molecule has 0 amide bonds. The van der Waals surface area contributed by atoms with Gasteiger partial charge in [0, 0.05) is 28.8 Å². The molecule has 0 radical (unpaired) electrons. The van der Waals surface area contributed by atoms with Crippen molar-refractivity contribution in [3.05, 3.63) is 28.2 Å². The fourth-order valence-corrected chi connectivity index (χ4v) is 3.18. The lowest BCUT2D eigenvalue weighted by molar-refractivity contribution is -0.137. The van der Waals surface area contributed by atoms with E-state index in [1.165, 1.54) is 6.07 Å². The normalized spacial score (nSPS) is 27.7. The van der Waals surface area contributed by atoms with Gasteiger partial charge in [0.05, 0.1) is 5.56 Å². The molecule has 3 atom stereocenters. The van der Waals surface area contributed by atoms with Crippen molar-refractivity contribution >= 4 is 21.6 Å². The monoisotopic (exact) mass is 364 g/mol. The molecule has 0 spiro atoms. The van der Waals surface area contributed by atoms with Gasteiger partial charge in [-0.05, 0) is 44.5 Å². The summed E-state index contributed by atoms with van der Waals surface area (Å²) in [5.74, 6) is 0.302. The summed E-state index contributed by atoms with van der Waals surface area (Å²) >= 11 is 3.11. The Morgan fingerprint density at radius 2 is 1.95 bits per heavy atom. The van der Waals surface area contributed by atoms with E-state index >= 15 is 0 Å². The summed E-state index contributed by atoms with van der Waals surface area (Å²) < 4.78 is 39.9. The van der Waals surface area contributed by atoms with Gasteiger partial charge in [-0.15, -0.1) is 0 Å². The summed E-state index contributed by atoms with van der Waals surface area (Å²) in [6, 6.07) is 4.69. The van der Waals surface area contributed by atoms with Crippen LogP contribution in [0.2, 0.25) is 0 Å². The molecule has 1 aromatic carbocycles. The van der Waals surface area contributed by atoms with Crippen LogP contribution in [-0.2, 0) is 6.18 Å². The van der Waals surface area contributed by atoms with E-state index in [4.69, 9.17) is 0 Å². The van der Waals surface area contributed by atoms with Gasteiger partial charge in [-0.1, -0.05) is 22.9 Å². The molecule has 118 valence electrons. The average Bonchev–Trinajstić information content (AvgIpc) is 2.36. The first-order valence-corrected chi connectivity index (χ1v) is 7.81. The van der Waals surface area contributed by atoms with Crippen molar-refractivity contribution < 1.29 is 13.2 Å². The van der Waals surface area contributed by atoms with Crippen molar-refractivity contribution in [2.75, 3.05) is 18.9 Å². The number of rotatable bonds is 2. The van der Waals surface area contributed by atoms with Gasteiger partial charge >= 0.3 is 6.18 Å². The Morgan fingerprint density at radius 3 is 2.57 bits per heavy atom. The SMILES string of the molecule is CC1CN(C)C(C)CC1Nc1ccc(Br)cc1C(F)(F)F. The standard InChI is InChI=1S/C15H20BrF3N2/c1-9-8-21(3)10(2)6-14(9)20-13-5-4-11(16)7-12(13)15(17,18)19/h4-5,7,9-10,14,20H,6,8H2,1-3H3. The highest BCUT2D eigenvalue weighted by atomic mass is 79.9. The number of hydrogen-bond acceptors (Lipinski definition) is 2. The summed E-state index contributed by atoms with van der Waals surface area (Å²) in [5.41, 5.74) is -0.449. The van der Waals surface area contributed by atoms with Gasteiger partial charge in [-0.2, -0.15) is 13.2 Å². The Bertz CT molecular complexity index is 504. The highest BCUT2D eigenvalue weighted by Gasteiger charge is 2.35. The maximum atomic E-state index is 13.1. The second-order valence-electron chi connectivity index (χ2n) is 5.94. The molecule has 1 aliphatic rings. The van der Waals surface area contributed by atoms with E-state index in [0.29, 0.717) is 16.4 Å². The minimum Gasteiger partial charge on any atom is -0.381 e. The topological polar surface area (TPSA) is 15.3 Å². The molecule has 2 nitrogen and oxygen atoms in total. The predicted molar refractivity (Wildman–Crippen MR) is 82.4 cm³/mol. The third kappa shape index (κ3) is 3.92. The number of nitrogens with zero attached hydrogens (tertiary/aromatic N) is 1. The van der Waals surface area contributed by atoms with E-state index < -0.39 is 11.7 Å². The van der Waals surface area contributed by atoms with Crippen molar-refractivity contribution in [1.82, 2.24) is 4.90 Å². The molecule has 1 saturated heterocycles. The fraction of sp³-hybridized carbons (Fsp3) is 0.600. The highest BCUT2D eigenvalue weighted by molar-refractivity contribution is 9.10. The quantitative estimate of drug-likeness (QED) is 0.824. The molecule has 0 aliphatic carbocycles. The molecule has 1 heterocycles. The first kappa shape index (κ1) is 16.6. The molecule has 0 saturated carbocycles. The van der Waals surface area contributed by atoms with Gasteiger partial charge in [0.1, 0.15) is 0 Å². The van der Waals surface area contributed by atoms with E-state index in [1.807, 2.05) is 0 Å². The minimum absolute atomic E-state index is 0.0541. The van der Waals surface area contributed by atoms with E-state index in [1.54, 1.807) is 6.07 Å². The third-order valence-electron chi connectivity index (χ3n) is 4.24. The molecule has 21 heavy (non-hydrogen) atoms. The zero-order valence-corrected chi connectivity index (χ0v) is 13.9. The van der Waals surface area contributed by atoms with Gasteiger partial charge in [0.2, 0.25) is 0 Å². The van der Waals surface area contributed by atoms with Crippen LogP contribution in [0, 0.1) is 5.92 Å². The Labute approximate surface area is 131 Å². The Morgan fingerprint density at radius 1 is 1.29 bits per heavy atom. The van der Waals surface area contributed by atoms with Crippen molar-refractivity contribution in [2.45, 2.75) is 38.5 Å². The van der Waals surface area contributed by atoms with Gasteiger partial charge in [0.15, 0.2) is 0 Å². The molecule has 2 rings (SSSR count). The van der Waals surface area contributed by atoms with Crippen LogP contribution >= 0.6 is 15.9 Å². The molecule has 1 aliphatic heterocycles. The summed E-state index contributed by atoms with van der Waals surface area (Å²) in [6.07, 6.45) is -3.52.